The molecule has 0 radical (unpaired) electrons. The fraction of sp³-hybridized carbons (Fsp3) is 0.0833. The molecule has 1 aromatic carbocycles. The van der Waals surface area contributed by atoms with Gasteiger partial charge in [0.05, 0.1) is 16.7 Å². The summed E-state index contributed by atoms with van der Waals surface area (Å²) in [5.41, 5.74) is 0.0786. The van der Waals surface area contributed by atoms with Crippen molar-refractivity contribution in [1.82, 2.24) is 9.78 Å². The fourth-order valence-corrected chi connectivity index (χ4v) is 2.27. The molecular formula is C12H8BrN5O3. The van der Waals surface area contributed by atoms with Crippen LogP contribution in [0.2, 0.25) is 0 Å². The molecule has 9 heteroatoms. The molecular weight excluding hydrogens is 342 g/mol. The summed E-state index contributed by atoms with van der Waals surface area (Å²) < 4.78 is 1.41. The van der Waals surface area contributed by atoms with E-state index in [0.717, 1.165) is 0 Å². The molecule has 2 aromatic rings. The fourth-order valence-electron chi connectivity index (χ4n) is 1.68. The van der Waals surface area contributed by atoms with Gasteiger partial charge in [-0.2, -0.15) is 10.4 Å². The Kier molecular flexibility index (Phi) is 4.00. The Bertz CT molecular complexity index is 778. The summed E-state index contributed by atoms with van der Waals surface area (Å²) in [5, 5.41) is 26.2. The highest BCUT2D eigenvalue weighted by molar-refractivity contribution is 9.10. The quantitative estimate of drug-likeness (QED) is 0.673. The zero-order chi connectivity index (χ0) is 15.6. The average Bonchev–Trinajstić information content (AvgIpc) is 2.79. The molecule has 0 saturated carbocycles. The molecule has 0 aliphatic carbocycles. The first-order chi connectivity index (χ1) is 9.95. The molecule has 0 aliphatic rings. The summed E-state index contributed by atoms with van der Waals surface area (Å²) in [6.07, 6.45) is 1.32. The van der Waals surface area contributed by atoms with Gasteiger partial charge in [-0.15, -0.1) is 0 Å². The maximum Gasteiger partial charge on any atom is 0.284 e. The number of nitriles is 1. The molecule has 1 heterocycles. The van der Waals surface area contributed by atoms with Crippen molar-refractivity contribution in [2.45, 2.75) is 0 Å². The number of halogens is 1. The van der Waals surface area contributed by atoms with Crippen molar-refractivity contribution in [3.05, 3.63) is 50.1 Å². The van der Waals surface area contributed by atoms with Gasteiger partial charge in [-0.1, -0.05) is 6.07 Å². The third kappa shape index (κ3) is 2.75. The van der Waals surface area contributed by atoms with Crippen LogP contribution in [-0.4, -0.2) is 20.6 Å². The minimum absolute atomic E-state index is 0.0770. The largest absolute Gasteiger partial charge is 0.306 e. The second-order valence-corrected chi connectivity index (χ2v) is 4.79. The molecule has 0 bridgehead atoms. The number of nitro groups is 1. The minimum atomic E-state index is -0.592. The van der Waals surface area contributed by atoms with Crippen molar-refractivity contribution < 1.29 is 9.72 Å². The molecule has 8 nitrogen and oxygen atoms in total. The predicted octanol–water partition coefficient (Wildman–Crippen LogP) is 2.21. The highest BCUT2D eigenvalue weighted by atomic mass is 79.9. The van der Waals surface area contributed by atoms with Gasteiger partial charge in [-0.3, -0.25) is 19.6 Å². The molecule has 0 saturated heterocycles. The average molecular weight is 350 g/mol. The van der Waals surface area contributed by atoms with E-state index in [1.807, 2.05) is 6.07 Å². The number of nitrogens with zero attached hydrogens (tertiary/aromatic N) is 4. The number of nitrogens with one attached hydrogen (secondary N) is 1. The predicted molar refractivity (Wildman–Crippen MR) is 76.7 cm³/mol. The van der Waals surface area contributed by atoms with Crippen LogP contribution in [-0.2, 0) is 7.05 Å². The third-order valence-electron chi connectivity index (χ3n) is 2.71. The van der Waals surface area contributed by atoms with Gasteiger partial charge in [0, 0.05) is 13.1 Å². The van der Waals surface area contributed by atoms with E-state index >= 15 is 0 Å². The normalized spacial score (nSPS) is 9.95. The number of hydrogen-bond acceptors (Lipinski definition) is 5. The Morgan fingerprint density at radius 1 is 1.57 bits per heavy atom. The van der Waals surface area contributed by atoms with Gasteiger partial charge in [0.2, 0.25) is 0 Å². The molecule has 1 amide bonds. The highest BCUT2D eigenvalue weighted by Crippen LogP contribution is 2.29. The summed E-state index contributed by atoms with van der Waals surface area (Å²) in [6, 6.07) is 6.03. The number of anilines is 1. The van der Waals surface area contributed by atoms with Crippen LogP contribution in [0.3, 0.4) is 0 Å². The maximum atomic E-state index is 12.2. The topological polar surface area (TPSA) is 114 Å². The van der Waals surface area contributed by atoms with E-state index in [2.05, 4.69) is 26.3 Å². The molecule has 0 fully saturated rings. The van der Waals surface area contributed by atoms with Gasteiger partial charge in [0.1, 0.15) is 21.9 Å². The first kappa shape index (κ1) is 14.7. The molecule has 1 aromatic heterocycles. The van der Waals surface area contributed by atoms with Crippen LogP contribution in [0.5, 0.6) is 0 Å². The third-order valence-corrected chi connectivity index (χ3v) is 3.54. The van der Waals surface area contributed by atoms with Crippen molar-refractivity contribution in [3.63, 3.8) is 0 Å². The Hall–Kier alpha value is -2.73. The van der Waals surface area contributed by atoms with Crippen LogP contribution >= 0.6 is 15.9 Å². The van der Waals surface area contributed by atoms with Crippen LogP contribution < -0.4 is 5.32 Å². The summed E-state index contributed by atoms with van der Waals surface area (Å²) in [5.74, 6) is -0.355. The van der Waals surface area contributed by atoms with E-state index in [1.54, 1.807) is 7.05 Å². The summed E-state index contributed by atoms with van der Waals surface area (Å²) >= 11 is 3.05. The van der Waals surface area contributed by atoms with Crippen molar-refractivity contribution in [1.29, 1.82) is 5.26 Å². The van der Waals surface area contributed by atoms with E-state index in [9.17, 15) is 14.9 Å². The lowest BCUT2D eigenvalue weighted by Crippen LogP contribution is -2.16. The minimum Gasteiger partial charge on any atom is -0.306 e. The molecule has 106 valence electrons. The molecule has 0 aliphatic heterocycles. The first-order valence-electron chi connectivity index (χ1n) is 5.62. The number of carbonyl (C=O) groups excluding carboxylic acids is 1. The van der Waals surface area contributed by atoms with Crippen LogP contribution in [0.1, 0.15) is 15.9 Å². The number of aryl methyl sites for hydroxylation is 1. The van der Waals surface area contributed by atoms with E-state index in [4.69, 9.17) is 5.26 Å². The van der Waals surface area contributed by atoms with E-state index in [-0.39, 0.29) is 27.1 Å². The van der Waals surface area contributed by atoms with Gasteiger partial charge in [0.15, 0.2) is 0 Å². The zero-order valence-corrected chi connectivity index (χ0v) is 12.3. The molecule has 1 N–H and O–H groups in total. The second-order valence-electron chi connectivity index (χ2n) is 3.99. The molecule has 2 rings (SSSR count). The lowest BCUT2D eigenvalue weighted by molar-refractivity contribution is -0.385. The van der Waals surface area contributed by atoms with Crippen molar-refractivity contribution >= 4 is 33.3 Å². The smallest absolute Gasteiger partial charge is 0.284 e. The van der Waals surface area contributed by atoms with E-state index < -0.39 is 10.8 Å². The SMILES string of the molecule is Cn1ncc(C#N)c1NC(=O)c1cccc([N+](=O)[O-])c1Br. The number of carbonyl (C=O) groups is 1. The summed E-state index contributed by atoms with van der Waals surface area (Å²) in [6.45, 7) is 0. The molecule has 21 heavy (non-hydrogen) atoms. The monoisotopic (exact) mass is 349 g/mol. The highest BCUT2D eigenvalue weighted by Gasteiger charge is 2.21. The van der Waals surface area contributed by atoms with Gasteiger partial charge in [-0.05, 0) is 22.0 Å². The first-order valence-corrected chi connectivity index (χ1v) is 6.41. The van der Waals surface area contributed by atoms with Crippen LogP contribution in [0.4, 0.5) is 11.5 Å². The van der Waals surface area contributed by atoms with Crippen LogP contribution in [0, 0.1) is 21.4 Å². The maximum absolute atomic E-state index is 12.2. The number of amides is 1. The van der Waals surface area contributed by atoms with Crippen molar-refractivity contribution in [2.75, 3.05) is 5.32 Å². The lowest BCUT2D eigenvalue weighted by atomic mass is 10.2. The second kappa shape index (κ2) is 5.72. The molecule has 0 spiro atoms. The number of aromatic nitrogens is 2. The van der Waals surface area contributed by atoms with Crippen LogP contribution in [0.25, 0.3) is 0 Å². The summed E-state index contributed by atoms with van der Waals surface area (Å²) in [7, 11) is 1.57. The number of hydrogen-bond donors (Lipinski definition) is 1. The Balaban J connectivity index is 2.38. The Morgan fingerprint density at radius 3 is 2.90 bits per heavy atom. The van der Waals surface area contributed by atoms with Gasteiger partial charge in [0.25, 0.3) is 11.6 Å². The van der Waals surface area contributed by atoms with Crippen LogP contribution in [0.15, 0.2) is 28.9 Å². The van der Waals surface area contributed by atoms with E-state index in [0.29, 0.717) is 0 Å². The van der Waals surface area contributed by atoms with Crippen molar-refractivity contribution in [2.24, 2.45) is 7.05 Å². The number of benzene rings is 1. The molecule has 0 unspecified atom stereocenters. The molecule has 0 atom stereocenters. The summed E-state index contributed by atoms with van der Waals surface area (Å²) in [4.78, 5) is 22.5. The zero-order valence-electron chi connectivity index (χ0n) is 10.7. The van der Waals surface area contributed by atoms with Gasteiger partial charge in [-0.25, -0.2) is 0 Å². The standard InChI is InChI=1S/C12H8BrN5O3/c1-17-11(7(5-14)6-15-17)16-12(19)8-3-2-4-9(10(8)13)18(20)21/h2-4,6H,1H3,(H,16,19). The number of nitro benzene ring substituents is 1. The number of rotatable bonds is 3. The Morgan fingerprint density at radius 2 is 2.29 bits per heavy atom. The lowest BCUT2D eigenvalue weighted by Gasteiger charge is -2.07. The van der Waals surface area contributed by atoms with Gasteiger partial charge >= 0.3 is 0 Å². The Labute approximate surface area is 127 Å². The van der Waals surface area contributed by atoms with E-state index in [1.165, 1.54) is 29.1 Å². The van der Waals surface area contributed by atoms with Crippen molar-refractivity contribution in [3.8, 4) is 6.07 Å². The van der Waals surface area contributed by atoms with Gasteiger partial charge < -0.3 is 5.32 Å².